The zero-order valence-corrected chi connectivity index (χ0v) is 21.5. The van der Waals surface area contributed by atoms with Crippen molar-refractivity contribution in [1.29, 1.82) is 0 Å². The summed E-state index contributed by atoms with van der Waals surface area (Å²) in [4.78, 5) is 0. The van der Waals surface area contributed by atoms with E-state index in [1.807, 2.05) is 0 Å². The molecule has 0 aliphatic heterocycles. The van der Waals surface area contributed by atoms with Gasteiger partial charge in [0.05, 0.1) is 0 Å². The van der Waals surface area contributed by atoms with Gasteiger partial charge in [-0.15, -0.1) is 24.8 Å². The average molecular weight is 479 g/mol. The topological polar surface area (TPSA) is 0 Å². The fourth-order valence-corrected chi connectivity index (χ4v) is 5.39. The van der Waals surface area contributed by atoms with Gasteiger partial charge in [0.1, 0.15) is 0 Å². The van der Waals surface area contributed by atoms with Crippen LogP contribution >= 0.6 is 24.8 Å². The average Bonchev–Trinajstić information content (AvgIpc) is 3.39. The summed E-state index contributed by atoms with van der Waals surface area (Å²) in [7, 11) is 0. The van der Waals surface area contributed by atoms with Crippen LogP contribution in [0.1, 0.15) is 47.9 Å². The Morgan fingerprint density at radius 3 is 1.52 bits per heavy atom. The molecule has 0 aromatic heterocycles. The molecule has 0 nitrogen and oxygen atoms in total. The molecule has 0 amide bonds. The molecule has 3 aromatic carbocycles. The third kappa shape index (κ3) is 8.60. The molecule has 154 valence electrons. The molecule has 0 fully saturated rings. The van der Waals surface area contributed by atoms with Crippen molar-refractivity contribution >= 4 is 36.2 Å². The van der Waals surface area contributed by atoms with Gasteiger partial charge < -0.3 is 0 Å². The Morgan fingerprint density at radius 2 is 1.14 bits per heavy atom. The fourth-order valence-electron chi connectivity index (χ4n) is 3.91. The number of fused-ring (bicyclic) bond motifs is 2. The second kappa shape index (κ2) is 14.4. The first kappa shape index (κ1) is 26.5. The Morgan fingerprint density at radius 1 is 0.690 bits per heavy atom. The predicted molar refractivity (Wildman–Crippen MR) is 130 cm³/mol. The van der Waals surface area contributed by atoms with Gasteiger partial charge in [-0.25, -0.2) is 12.1 Å². The summed E-state index contributed by atoms with van der Waals surface area (Å²) in [5.74, 6) is 0. The molecule has 0 bridgehead atoms. The molecule has 2 aliphatic rings. The van der Waals surface area contributed by atoms with Crippen LogP contribution in [0.4, 0.5) is 0 Å². The van der Waals surface area contributed by atoms with E-state index in [1.54, 1.807) is 22.3 Å². The Balaban J connectivity index is 0.000000210. The van der Waals surface area contributed by atoms with Crippen molar-refractivity contribution in [3.8, 4) is 0 Å². The van der Waals surface area contributed by atoms with Crippen LogP contribution in [-0.2, 0) is 44.9 Å². The van der Waals surface area contributed by atoms with Crippen molar-refractivity contribution < 1.29 is 19.2 Å². The second-order valence-corrected chi connectivity index (χ2v) is 12.9. The van der Waals surface area contributed by atoms with Crippen LogP contribution in [-0.4, -0.2) is 6.19 Å². The number of hydrogen-bond donors (Lipinski definition) is 0. The molecule has 0 unspecified atom stereocenters. The third-order valence-corrected chi connectivity index (χ3v) is 8.06. The van der Waals surface area contributed by atoms with E-state index in [0.717, 1.165) is 0 Å². The monoisotopic (exact) mass is 478 g/mol. The third-order valence-electron chi connectivity index (χ3n) is 5.51. The first-order chi connectivity index (χ1) is 13.2. The molecule has 0 saturated carbocycles. The summed E-state index contributed by atoms with van der Waals surface area (Å²) >= 11 is 2.31. The quantitative estimate of drug-likeness (QED) is 0.277. The van der Waals surface area contributed by atoms with E-state index < -0.39 is 0 Å². The van der Waals surface area contributed by atoms with Gasteiger partial charge in [0.25, 0.3) is 0 Å². The number of benzene rings is 1. The molecular formula is C25H32Cl2SiTi. The summed E-state index contributed by atoms with van der Waals surface area (Å²) in [6, 6.07) is 24.1. The maximum absolute atomic E-state index is 2.31. The fraction of sp³-hybridized carbons (Fsp3) is 0.360. The van der Waals surface area contributed by atoms with E-state index in [-0.39, 0.29) is 31.0 Å². The van der Waals surface area contributed by atoms with Gasteiger partial charge in [0.2, 0.25) is 0 Å². The number of aryl methyl sites for hydroxylation is 4. The smallest absolute Gasteiger partial charge is 0.0512 e. The molecule has 0 atom stereocenters. The van der Waals surface area contributed by atoms with Gasteiger partial charge in [-0.1, -0.05) is 51.4 Å². The van der Waals surface area contributed by atoms with Gasteiger partial charge in [-0.3, -0.25) is 0 Å². The van der Waals surface area contributed by atoms with Crippen molar-refractivity contribution in [2.45, 2.75) is 57.9 Å². The second-order valence-electron chi connectivity index (χ2n) is 7.56. The van der Waals surface area contributed by atoms with Gasteiger partial charge in [-0.05, 0) is 0 Å². The Labute approximate surface area is 201 Å². The van der Waals surface area contributed by atoms with Crippen molar-refractivity contribution in [2.75, 3.05) is 0 Å². The summed E-state index contributed by atoms with van der Waals surface area (Å²) in [5.41, 5.74) is 6.39. The van der Waals surface area contributed by atoms with E-state index >= 15 is 0 Å². The van der Waals surface area contributed by atoms with Gasteiger partial charge in [-0.2, -0.15) is 46.5 Å². The Hall–Kier alpha value is -0.569. The maximum Gasteiger partial charge on any atom is -0.0512 e. The molecule has 0 saturated heterocycles. The predicted octanol–water partition coefficient (Wildman–Crippen LogP) is 6.47. The first-order valence-electron chi connectivity index (χ1n) is 10.3. The number of hydrogen-bond acceptors (Lipinski definition) is 0. The Kier molecular flexibility index (Phi) is 13.2. The molecular weight excluding hydrogens is 447 g/mol. The van der Waals surface area contributed by atoms with Crippen molar-refractivity contribution in [3.63, 3.8) is 0 Å². The van der Waals surface area contributed by atoms with Crippen molar-refractivity contribution in [3.05, 3.63) is 89.0 Å². The molecule has 0 N–H and O–H groups in total. The van der Waals surface area contributed by atoms with Crippen LogP contribution in [0.3, 0.4) is 0 Å². The van der Waals surface area contributed by atoms with Crippen LogP contribution < -0.4 is 5.19 Å². The van der Waals surface area contributed by atoms with Gasteiger partial charge in [0, 0.05) is 0 Å². The summed E-state index contributed by atoms with van der Waals surface area (Å²) in [6.07, 6.45) is 10.7. The van der Waals surface area contributed by atoms with Crippen LogP contribution in [0, 0.1) is 0 Å². The van der Waals surface area contributed by atoms with Crippen LogP contribution in [0.2, 0.25) is 6.55 Å². The van der Waals surface area contributed by atoms with Crippen LogP contribution in [0.25, 0.3) is 0 Å². The summed E-state index contributed by atoms with van der Waals surface area (Å²) in [6.45, 7) is 2.31. The van der Waals surface area contributed by atoms with E-state index in [1.165, 1.54) is 56.6 Å². The van der Waals surface area contributed by atoms with Crippen molar-refractivity contribution in [2.24, 2.45) is 0 Å². The number of rotatable bonds is 1. The minimum absolute atomic E-state index is 0. The van der Waals surface area contributed by atoms with E-state index in [4.69, 9.17) is 0 Å². The first-order valence-corrected chi connectivity index (χ1v) is 14.7. The minimum Gasteiger partial charge on any atom is -0.210 e. The van der Waals surface area contributed by atoms with Gasteiger partial charge >= 0.3 is 67.4 Å². The minimum atomic E-state index is -0.212. The largest absolute Gasteiger partial charge is 0.210 e. The number of halogens is 2. The van der Waals surface area contributed by atoms with E-state index in [2.05, 4.69) is 92.4 Å². The van der Waals surface area contributed by atoms with Crippen molar-refractivity contribution in [1.82, 2.24) is 0 Å². The SMILES string of the molecule is C[Si](=[Ti+2])c1ccccc1.Cl.Cl.c1cc2c([cH-]1)CCCC2.c1cc2c([cH-]1)CCCC2. The zero-order valence-electron chi connectivity index (χ0n) is 17.3. The van der Waals surface area contributed by atoms with Gasteiger partial charge in [0.15, 0.2) is 0 Å². The molecule has 5 rings (SSSR count). The molecule has 0 radical (unpaired) electrons. The molecule has 0 spiro atoms. The summed E-state index contributed by atoms with van der Waals surface area (Å²) in [5, 5.41) is 1.52. The zero-order chi connectivity index (χ0) is 18.9. The molecule has 2 aliphatic carbocycles. The maximum atomic E-state index is 2.31. The normalized spacial score (nSPS) is 13.6. The molecule has 29 heavy (non-hydrogen) atoms. The molecule has 0 heterocycles. The van der Waals surface area contributed by atoms with E-state index in [0.29, 0.717) is 0 Å². The standard InChI is InChI=1S/2C9H11.C7H8Si.2ClH.Ti/c2*1-2-5-9-7-3-6-8(9)4-1;1-8-7-5-3-2-4-6-7;;;/h2*3,6-7H,1-2,4-5H2;2-6H,1H3;2*1H;/q2*-1;;;;+2. The van der Waals surface area contributed by atoms with Crippen LogP contribution in [0.15, 0.2) is 66.7 Å². The van der Waals surface area contributed by atoms with E-state index in [9.17, 15) is 0 Å². The van der Waals surface area contributed by atoms with Crippen LogP contribution in [0.5, 0.6) is 0 Å². The molecule has 4 heteroatoms. The molecule has 3 aromatic rings. The summed E-state index contributed by atoms with van der Waals surface area (Å²) < 4.78 is 0. The Bertz CT molecular complexity index is 748.